The van der Waals surface area contributed by atoms with Gasteiger partial charge in [-0.3, -0.25) is 19.7 Å². The van der Waals surface area contributed by atoms with Gasteiger partial charge in [-0.25, -0.2) is 8.42 Å². The molecule has 0 aromatic heterocycles. The molecule has 2 amide bonds. The summed E-state index contributed by atoms with van der Waals surface area (Å²) in [5.41, 5.74) is -0.194. The van der Waals surface area contributed by atoms with Gasteiger partial charge in [0.1, 0.15) is 11.7 Å². The Balaban J connectivity index is 1.57. The maximum absolute atomic E-state index is 12.5. The Morgan fingerprint density at radius 3 is 2.79 bits per heavy atom. The molecule has 2 heterocycles. The van der Waals surface area contributed by atoms with Crippen LogP contribution in [0.15, 0.2) is 23.1 Å². The predicted octanol–water partition coefficient (Wildman–Crippen LogP) is 0.980. The van der Waals surface area contributed by atoms with Crippen LogP contribution in [-0.4, -0.2) is 66.1 Å². The summed E-state index contributed by atoms with van der Waals surface area (Å²) in [5, 5.41) is 16.8. The molecule has 2 aliphatic heterocycles. The number of hydrogen-bond acceptors (Lipinski definition) is 8. The van der Waals surface area contributed by atoms with Crippen LogP contribution in [0.4, 0.5) is 11.4 Å². The number of anilines is 1. The van der Waals surface area contributed by atoms with Crippen LogP contribution < -0.4 is 10.6 Å². The summed E-state index contributed by atoms with van der Waals surface area (Å²) in [7, 11) is -3.56. The molecule has 2 aliphatic rings. The summed E-state index contributed by atoms with van der Waals surface area (Å²) in [5.74, 6) is 0.275. The van der Waals surface area contributed by atoms with Gasteiger partial charge in [-0.15, -0.1) is 11.8 Å². The van der Waals surface area contributed by atoms with E-state index in [1.807, 2.05) is 6.92 Å². The van der Waals surface area contributed by atoms with E-state index in [1.54, 1.807) is 16.7 Å². The third-order valence-corrected chi connectivity index (χ3v) is 7.70. The first-order chi connectivity index (χ1) is 13.5. The Hall–Kier alpha value is -2.34. The van der Waals surface area contributed by atoms with Crippen molar-refractivity contribution >= 4 is 44.8 Å². The van der Waals surface area contributed by atoms with Gasteiger partial charge in [0, 0.05) is 37.6 Å². The third kappa shape index (κ3) is 4.32. The predicted molar refractivity (Wildman–Crippen MR) is 108 cm³/mol. The fourth-order valence-corrected chi connectivity index (χ4v) is 5.63. The molecule has 29 heavy (non-hydrogen) atoms. The fraction of sp³-hybridized carbons (Fsp3) is 0.529. The van der Waals surface area contributed by atoms with E-state index in [4.69, 9.17) is 0 Å². The van der Waals surface area contributed by atoms with E-state index in [2.05, 4.69) is 10.6 Å². The van der Waals surface area contributed by atoms with Gasteiger partial charge in [-0.05, 0) is 25.5 Å². The molecule has 0 bridgehead atoms. The van der Waals surface area contributed by atoms with Crippen molar-refractivity contribution in [2.24, 2.45) is 0 Å². The van der Waals surface area contributed by atoms with Crippen LogP contribution in [0.5, 0.6) is 0 Å². The number of nitrogens with zero attached hydrogens (tertiary/aromatic N) is 2. The number of nitro benzene ring substituents is 1. The standard InChI is InChI=1S/C17H22N4O6S2/c1-17-6-5-15(22)20(17)14(10-28-17)16(23)19-8-7-18-12-4-3-11(29(2,26)27)9-13(12)21(24)25/h3-4,9,14,18H,5-8,10H2,1-2H3,(H,19,23). The zero-order chi connectivity index (χ0) is 21.4. The van der Waals surface area contributed by atoms with Gasteiger partial charge in [0.15, 0.2) is 9.84 Å². The number of sulfone groups is 1. The number of nitrogens with one attached hydrogen (secondary N) is 2. The average Bonchev–Trinajstić information content (AvgIpc) is 3.13. The first-order valence-electron chi connectivity index (χ1n) is 8.99. The molecule has 1 aromatic carbocycles. The third-order valence-electron chi connectivity index (χ3n) is 5.08. The normalized spacial score (nSPS) is 23.7. The summed E-state index contributed by atoms with van der Waals surface area (Å²) >= 11 is 1.60. The highest BCUT2D eigenvalue weighted by Crippen LogP contribution is 2.47. The van der Waals surface area contributed by atoms with Crippen molar-refractivity contribution in [2.75, 3.05) is 30.4 Å². The molecule has 0 radical (unpaired) electrons. The van der Waals surface area contributed by atoms with Crippen LogP contribution >= 0.6 is 11.8 Å². The van der Waals surface area contributed by atoms with E-state index in [-0.39, 0.29) is 46.0 Å². The van der Waals surface area contributed by atoms with Crippen molar-refractivity contribution < 1.29 is 22.9 Å². The number of hydrogen-bond donors (Lipinski definition) is 2. The monoisotopic (exact) mass is 442 g/mol. The summed E-state index contributed by atoms with van der Waals surface area (Å²) in [6.07, 6.45) is 2.16. The first kappa shape index (κ1) is 21.4. The number of fused-ring (bicyclic) bond motifs is 1. The second-order valence-corrected chi connectivity index (χ2v) is 10.7. The minimum Gasteiger partial charge on any atom is -0.378 e. The van der Waals surface area contributed by atoms with Crippen molar-refractivity contribution in [1.82, 2.24) is 10.2 Å². The topological polar surface area (TPSA) is 139 Å². The zero-order valence-electron chi connectivity index (χ0n) is 16.0. The Labute approximate surface area is 172 Å². The average molecular weight is 443 g/mol. The molecule has 2 saturated heterocycles. The van der Waals surface area contributed by atoms with Crippen molar-refractivity contribution in [1.29, 1.82) is 0 Å². The molecule has 0 spiro atoms. The molecule has 2 unspecified atom stereocenters. The Kier molecular flexibility index (Phi) is 5.77. The smallest absolute Gasteiger partial charge is 0.293 e. The number of carbonyl (C=O) groups excluding carboxylic acids is 2. The largest absolute Gasteiger partial charge is 0.378 e. The lowest BCUT2D eigenvalue weighted by Gasteiger charge is -2.29. The number of carbonyl (C=O) groups is 2. The highest BCUT2D eigenvalue weighted by atomic mass is 32.2. The van der Waals surface area contributed by atoms with E-state index in [0.717, 1.165) is 18.7 Å². The van der Waals surface area contributed by atoms with Gasteiger partial charge < -0.3 is 15.5 Å². The Morgan fingerprint density at radius 2 is 2.14 bits per heavy atom. The number of amides is 2. The van der Waals surface area contributed by atoms with Crippen molar-refractivity contribution in [2.45, 2.75) is 35.6 Å². The van der Waals surface area contributed by atoms with Crippen LogP contribution in [0, 0.1) is 10.1 Å². The van der Waals surface area contributed by atoms with E-state index in [0.29, 0.717) is 12.2 Å². The number of thioether (sulfide) groups is 1. The quantitative estimate of drug-likeness (QED) is 0.362. The van der Waals surface area contributed by atoms with Crippen LogP contribution in [-0.2, 0) is 19.4 Å². The van der Waals surface area contributed by atoms with Gasteiger partial charge in [0.25, 0.3) is 5.69 Å². The summed E-state index contributed by atoms with van der Waals surface area (Å²) < 4.78 is 23.2. The molecule has 12 heteroatoms. The summed E-state index contributed by atoms with van der Waals surface area (Å²) in [6.45, 7) is 2.37. The second-order valence-electron chi connectivity index (χ2n) is 7.19. The Morgan fingerprint density at radius 1 is 1.41 bits per heavy atom. The fourth-order valence-electron chi connectivity index (χ4n) is 3.56. The van der Waals surface area contributed by atoms with E-state index >= 15 is 0 Å². The van der Waals surface area contributed by atoms with E-state index < -0.39 is 20.8 Å². The molecule has 0 saturated carbocycles. The molecule has 0 aliphatic carbocycles. The molecule has 1 aromatic rings. The van der Waals surface area contributed by atoms with Crippen LogP contribution in [0.25, 0.3) is 0 Å². The molecule has 10 nitrogen and oxygen atoms in total. The van der Waals surface area contributed by atoms with Gasteiger partial charge >= 0.3 is 0 Å². The lowest BCUT2D eigenvalue weighted by molar-refractivity contribution is -0.384. The lowest BCUT2D eigenvalue weighted by atomic mass is 10.2. The maximum Gasteiger partial charge on any atom is 0.293 e. The molecular formula is C17H22N4O6S2. The summed E-state index contributed by atoms with van der Waals surface area (Å²) in [4.78, 5) is 36.4. The van der Waals surface area contributed by atoms with Gasteiger partial charge in [-0.2, -0.15) is 0 Å². The lowest BCUT2D eigenvalue weighted by Crippen LogP contribution is -2.50. The zero-order valence-corrected chi connectivity index (χ0v) is 17.6. The Bertz CT molecular complexity index is 967. The van der Waals surface area contributed by atoms with Crippen molar-refractivity contribution in [3.63, 3.8) is 0 Å². The van der Waals surface area contributed by atoms with E-state index in [1.165, 1.54) is 12.1 Å². The van der Waals surface area contributed by atoms with Crippen LogP contribution in [0.1, 0.15) is 19.8 Å². The molecule has 2 atom stereocenters. The van der Waals surface area contributed by atoms with Crippen LogP contribution in [0.3, 0.4) is 0 Å². The molecular weight excluding hydrogens is 420 g/mol. The van der Waals surface area contributed by atoms with Gasteiger partial charge in [-0.1, -0.05) is 0 Å². The van der Waals surface area contributed by atoms with Crippen molar-refractivity contribution in [3.8, 4) is 0 Å². The minimum atomic E-state index is -3.56. The SMILES string of the molecule is CC12CCC(=O)N1C(C(=O)NCCNc1ccc(S(C)(=O)=O)cc1[N+](=O)[O-])CS2. The maximum atomic E-state index is 12.5. The first-order valence-corrected chi connectivity index (χ1v) is 11.9. The molecule has 3 rings (SSSR count). The van der Waals surface area contributed by atoms with Gasteiger partial charge in [0.05, 0.1) is 14.7 Å². The minimum absolute atomic E-state index is 0.0163. The number of nitro groups is 1. The van der Waals surface area contributed by atoms with Crippen LogP contribution in [0.2, 0.25) is 0 Å². The molecule has 2 fully saturated rings. The van der Waals surface area contributed by atoms with E-state index in [9.17, 15) is 28.1 Å². The summed E-state index contributed by atoms with van der Waals surface area (Å²) in [6, 6.07) is 3.12. The number of benzene rings is 1. The highest BCUT2D eigenvalue weighted by Gasteiger charge is 2.52. The van der Waals surface area contributed by atoms with Crippen molar-refractivity contribution in [3.05, 3.63) is 28.3 Å². The molecule has 2 N–H and O–H groups in total. The highest BCUT2D eigenvalue weighted by molar-refractivity contribution is 8.01. The number of rotatable bonds is 7. The van der Waals surface area contributed by atoms with Gasteiger partial charge in [0.2, 0.25) is 11.8 Å². The second kappa shape index (κ2) is 7.82. The molecule has 158 valence electrons.